The molecule has 2 fully saturated rings. The number of aryl methyl sites for hydroxylation is 1. The number of rotatable bonds is 3. The fourth-order valence-corrected chi connectivity index (χ4v) is 4.20. The standard InChI is InChI=1S/C18H23N7O3/c1-12-6-13(28-22-12)7-23-3-2-15-20-14(8-24(15)5-4-23)16(26)25-10-18(11-25)9-19-17(27)21-18/h6,8H,2-5,7,9-11H2,1H3,(H2,19,21,27). The molecule has 148 valence electrons. The van der Waals surface area contributed by atoms with E-state index in [-0.39, 0.29) is 17.5 Å². The van der Waals surface area contributed by atoms with E-state index < -0.39 is 0 Å². The zero-order chi connectivity index (χ0) is 19.3. The van der Waals surface area contributed by atoms with Crippen molar-refractivity contribution >= 4 is 11.9 Å². The molecule has 2 saturated heterocycles. The normalized spacial score (nSPS) is 21.0. The minimum atomic E-state index is -0.302. The van der Waals surface area contributed by atoms with Gasteiger partial charge in [0.25, 0.3) is 5.91 Å². The first-order chi connectivity index (χ1) is 13.5. The lowest BCUT2D eigenvalue weighted by Crippen LogP contribution is -2.70. The maximum absolute atomic E-state index is 12.7. The molecule has 3 amide bonds. The van der Waals surface area contributed by atoms with Crippen molar-refractivity contribution in [1.82, 2.24) is 35.1 Å². The minimum absolute atomic E-state index is 0.0682. The van der Waals surface area contributed by atoms with E-state index in [2.05, 4.69) is 30.2 Å². The van der Waals surface area contributed by atoms with Gasteiger partial charge in [-0.3, -0.25) is 9.69 Å². The Bertz CT molecular complexity index is 902. The van der Waals surface area contributed by atoms with Crippen LogP contribution in [0.15, 0.2) is 16.8 Å². The minimum Gasteiger partial charge on any atom is -0.360 e. The van der Waals surface area contributed by atoms with Gasteiger partial charge in [0.05, 0.1) is 17.8 Å². The molecule has 0 atom stereocenters. The number of nitrogens with one attached hydrogen (secondary N) is 2. The highest BCUT2D eigenvalue weighted by Gasteiger charge is 2.50. The SMILES string of the molecule is Cc1cc(CN2CCc3nc(C(=O)N4CC5(CNC(=O)N5)C4)cn3CC2)on1. The topological polar surface area (TPSA) is 109 Å². The second-order valence-electron chi connectivity index (χ2n) is 7.95. The molecular weight excluding hydrogens is 362 g/mol. The Labute approximate surface area is 161 Å². The zero-order valence-electron chi connectivity index (χ0n) is 15.8. The van der Waals surface area contributed by atoms with Crippen molar-refractivity contribution < 1.29 is 14.1 Å². The fraction of sp³-hybridized carbons (Fsp3) is 0.556. The van der Waals surface area contributed by atoms with Crippen LogP contribution in [-0.4, -0.2) is 74.7 Å². The zero-order valence-corrected chi connectivity index (χ0v) is 15.8. The van der Waals surface area contributed by atoms with E-state index in [4.69, 9.17) is 4.52 Å². The molecule has 28 heavy (non-hydrogen) atoms. The fourth-order valence-electron chi connectivity index (χ4n) is 4.20. The number of carbonyl (C=O) groups is 2. The van der Waals surface area contributed by atoms with E-state index in [9.17, 15) is 9.59 Å². The number of carbonyl (C=O) groups excluding carboxylic acids is 2. The van der Waals surface area contributed by atoms with Gasteiger partial charge in [-0.05, 0) is 6.92 Å². The van der Waals surface area contributed by atoms with Crippen molar-refractivity contribution in [3.05, 3.63) is 35.2 Å². The maximum Gasteiger partial charge on any atom is 0.315 e. The Morgan fingerprint density at radius 1 is 1.32 bits per heavy atom. The lowest BCUT2D eigenvalue weighted by atomic mass is 9.91. The van der Waals surface area contributed by atoms with E-state index in [1.54, 1.807) is 4.90 Å². The molecule has 3 aliphatic rings. The third-order valence-corrected chi connectivity index (χ3v) is 5.68. The van der Waals surface area contributed by atoms with Gasteiger partial charge in [-0.1, -0.05) is 5.16 Å². The van der Waals surface area contributed by atoms with Crippen LogP contribution in [-0.2, 0) is 19.5 Å². The highest BCUT2D eigenvalue weighted by Crippen LogP contribution is 2.25. The van der Waals surface area contributed by atoms with Gasteiger partial charge in [-0.25, -0.2) is 9.78 Å². The quantitative estimate of drug-likeness (QED) is 0.754. The van der Waals surface area contributed by atoms with Gasteiger partial charge in [0.2, 0.25) is 0 Å². The molecule has 10 nitrogen and oxygen atoms in total. The van der Waals surface area contributed by atoms with Crippen LogP contribution in [0.2, 0.25) is 0 Å². The lowest BCUT2D eigenvalue weighted by molar-refractivity contribution is 0.0391. The highest BCUT2D eigenvalue weighted by atomic mass is 16.5. The molecule has 3 aliphatic heterocycles. The van der Waals surface area contributed by atoms with Crippen LogP contribution in [0.5, 0.6) is 0 Å². The Morgan fingerprint density at radius 3 is 2.89 bits per heavy atom. The van der Waals surface area contributed by atoms with Crippen LogP contribution in [0, 0.1) is 6.92 Å². The summed E-state index contributed by atoms with van der Waals surface area (Å²) in [5, 5.41) is 9.60. The van der Waals surface area contributed by atoms with Crippen LogP contribution >= 0.6 is 0 Å². The summed E-state index contributed by atoms with van der Waals surface area (Å²) in [4.78, 5) is 32.7. The predicted molar refractivity (Wildman–Crippen MR) is 97.6 cm³/mol. The molecule has 0 saturated carbocycles. The number of likely N-dealkylation sites (tertiary alicyclic amines) is 1. The van der Waals surface area contributed by atoms with Gasteiger partial charge in [0.15, 0.2) is 5.76 Å². The number of amides is 3. The van der Waals surface area contributed by atoms with Crippen molar-refractivity contribution in [2.24, 2.45) is 0 Å². The average molecular weight is 385 g/mol. The third kappa shape index (κ3) is 3.03. The van der Waals surface area contributed by atoms with Crippen molar-refractivity contribution in [3.63, 3.8) is 0 Å². The van der Waals surface area contributed by atoms with Crippen LogP contribution < -0.4 is 10.6 Å². The monoisotopic (exact) mass is 385 g/mol. The third-order valence-electron chi connectivity index (χ3n) is 5.68. The molecule has 0 bridgehead atoms. The number of nitrogens with zero attached hydrogens (tertiary/aromatic N) is 5. The first-order valence-corrected chi connectivity index (χ1v) is 9.56. The Morgan fingerprint density at radius 2 is 2.18 bits per heavy atom. The summed E-state index contributed by atoms with van der Waals surface area (Å²) in [6.07, 6.45) is 2.64. The highest BCUT2D eigenvalue weighted by molar-refractivity contribution is 5.93. The second-order valence-corrected chi connectivity index (χ2v) is 7.95. The number of hydrogen-bond donors (Lipinski definition) is 2. The molecule has 0 radical (unpaired) electrons. The van der Waals surface area contributed by atoms with Gasteiger partial charge in [-0.15, -0.1) is 0 Å². The first kappa shape index (κ1) is 17.2. The van der Waals surface area contributed by atoms with Gasteiger partial charge in [-0.2, -0.15) is 0 Å². The summed E-state index contributed by atoms with van der Waals surface area (Å²) < 4.78 is 7.39. The number of imidazole rings is 1. The van der Waals surface area contributed by atoms with Crippen molar-refractivity contribution in [2.45, 2.75) is 32.0 Å². The average Bonchev–Trinajstić information content (AvgIpc) is 3.31. The largest absolute Gasteiger partial charge is 0.360 e. The van der Waals surface area contributed by atoms with E-state index >= 15 is 0 Å². The molecule has 0 aromatic carbocycles. The molecule has 0 aliphatic carbocycles. The number of hydrogen-bond acceptors (Lipinski definition) is 6. The first-order valence-electron chi connectivity index (χ1n) is 9.56. The molecule has 2 N–H and O–H groups in total. The number of aromatic nitrogens is 3. The number of urea groups is 1. The van der Waals surface area contributed by atoms with Gasteiger partial charge in [0.1, 0.15) is 11.5 Å². The van der Waals surface area contributed by atoms with E-state index in [1.807, 2.05) is 19.2 Å². The van der Waals surface area contributed by atoms with Crippen LogP contribution in [0.1, 0.15) is 27.8 Å². The van der Waals surface area contributed by atoms with Crippen molar-refractivity contribution in [3.8, 4) is 0 Å². The number of fused-ring (bicyclic) bond motifs is 1. The van der Waals surface area contributed by atoms with E-state index in [0.717, 1.165) is 49.9 Å². The molecule has 5 heterocycles. The van der Waals surface area contributed by atoms with Crippen LogP contribution in [0.4, 0.5) is 4.79 Å². The Hall–Kier alpha value is -2.88. The van der Waals surface area contributed by atoms with Crippen molar-refractivity contribution in [1.29, 1.82) is 0 Å². The van der Waals surface area contributed by atoms with Crippen LogP contribution in [0.25, 0.3) is 0 Å². The second kappa shape index (κ2) is 6.33. The predicted octanol–water partition coefficient (Wildman–Crippen LogP) is -0.255. The van der Waals surface area contributed by atoms with Crippen LogP contribution in [0.3, 0.4) is 0 Å². The van der Waals surface area contributed by atoms with E-state index in [0.29, 0.717) is 25.3 Å². The Balaban J connectivity index is 1.20. The van der Waals surface area contributed by atoms with Gasteiger partial charge in [0, 0.05) is 58.0 Å². The summed E-state index contributed by atoms with van der Waals surface area (Å²) in [6, 6.07) is 1.80. The summed E-state index contributed by atoms with van der Waals surface area (Å²) in [5.41, 5.74) is 1.08. The van der Waals surface area contributed by atoms with Gasteiger partial charge < -0.3 is 24.6 Å². The van der Waals surface area contributed by atoms with E-state index in [1.165, 1.54) is 0 Å². The molecule has 10 heteroatoms. The molecule has 0 unspecified atom stereocenters. The summed E-state index contributed by atoms with van der Waals surface area (Å²) in [5.74, 6) is 1.74. The smallest absolute Gasteiger partial charge is 0.315 e. The molecule has 2 aromatic rings. The van der Waals surface area contributed by atoms with Crippen molar-refractivity contribution in [2.75, 3.05) is 32.7 Å². The maximum atomic E-state index is 12.7. The molecule has 1 spiro atoms. The molecule has 2 aromatic heterocycles. The summed E-state index contributed by atoms with van der Waals surface area (Å²) >= 11 is 0. The lowest BCUT2D eigenvalue weighted by Gasteiger charge is -2.46. The molecular formula is C18H23N7O3. The Kier molecular flexibility index (Phi) is 3.90. The molecule has 5 rings (SSSR count). The van der Waals surface area contributed by atoms with Gasteiger partial charge >= 0.3 is 6.03 Å². The summed E-state index contributed by atoms with van der Waals surface area (Å²) in [6.45, 7) is 6.76. The summed E-state index contributed by atoms with van der Waals surface area (Å²) in [7, 11) is 0.